The molecule has 0 aliphatic carbocycles. The van der Waals surface area contributed by atoms with E-state index in [1.165, 1.54) is 10.4 Å². The maximum Gasteiger partial charge on any atom is 0.0954 e. The summed E-state index contributed by atoms with van der Waals surface area (Å²) in [5, 5.41) is 11.1. The lowest BCUT2D eigenvalue weighted by atomic mass is 10.00. The minimum atomic E-state index is 0.0260. The van der Waals surface area contributed by atoms with E-state index in [0.717, 1.165) is 13.0 Å². The van der Waals surface area contributed by atoms with Gasteiger partial charge in [0.1, 0.15) is 0 Å². The van der Waals surface area contributed by atoms with Gasteiger partial charge in [0.05, 0.1) is 12.1 Å². The number of nitriles is 1. The summed E-state index contributed by atoms with van der Waals surface area (Å²) >= 11 is 1.84. The highest BCUT2D eigenvalue weighted by molar-refractivity contribution is 7.10. The first-order valence-electron chi connectivity index (χ1n) is 4.95. The quantitative estimate of drug-likeness (QED) is 0.706. The molecule has 0 radical (unpaired) electrons. The second kappa shape index (κ2) is 3.72. The largest absolute Gasteiger partial charge is 0.281 e. The molecule has 0 spiro atoms. The van der Waals surface area contributed by atoms with Crippen LogP contribution in [0, 0.1) is 11.3 Å². The molecule has 1 aliphatic rings. The van der Waals surface area contributed by atoms with Gasteiger partial charge in [-0.05, 0) is 37.3 Å². The van der Waals surface area contributed by atoms with Crippen LogP contribution in [0.5, 0.6) is 0 Å². The third-order valence-electron chi connectivity index (χ3n) is 3.01. The van der Waals surface area contributed by atoms with Gasteiger partial charge >= 0.3 is 0 Å². The molecule has 0 saturated heterocycles. The molecule has 0 N–H and O–H groups in total. The second-order valence-electron chi connectivity index (χ2n) is 3.77. The number of fused-ring (bicyclic) bond motifs is 1. The first kappa shape index (κ1) is 9.70. The molecule has 0 bridgehead atoms. The smallest absolute Gasteiger partial charge is 0.0954 e. The SMILES string of the molecule is CC(C#N)N1CCc2sccc2C1C. The number of hydrogen-bond donors (Lipinski definition) is 0. The third-order valence-corrected chi connectivity index (χ3v) is 4.01. The van der Waals surface area contributed by atoms with Gasteiger partial charge in [-0.25, -0.2) is 0 Å². The van der Waals surface area contributed by atoms with Crippen molar-refractivity contribution in [1.29, 1.82) is 5.26 Å². The molecule has 2 nitrogen and oxygen atoms in total. The zero-order valence-electron chi connectivity index (χ0n) is 8.53. The second-order valence-corrected chi connectivity index (χ2v) is 4.77. The molecular weight excluding hydrogens is 192 g/mol. The summed E-state index contributed by atoms with van der Waals surface area (Å²) < 4.78 is 0. The van der Waals surface area contributed by atoms with Crippen molar-refractivity contribution in [2.75, 3.05) is 6.54 Å². The van der Waals surface area contributed by atoms with Crippen molar-refractivity contribution in [1.82, 2.24) is 4.90 Å². The van der Waals surface area contributed by atoms with Gasteiger partial charge in [0.25, 0.3) is 0 Å². The summed E-state index contributed by atoms with van der Waals surface area (Å²) in [7, 11) is 0. The third kappa shape index (κ3) is 1.45. The van der Waals surface area contributed by atoms with Crippen LogP contribution in [0.15, 0.2) is 11.4 Å². The van der Waals surface area contributed by atoms with E-state index in [4.69, 9.17) is 5.26 Å². The predicted octanol–water partition coefficient (Wildman–Crippen LogP) is 2.58. The Balaban J connectivity index is 2.26. The van der Waals surface area contributed by atoms with Gasteiger partial charge in [-0.15, -0.1) is 11.3 Å². The van der Waals surface area contributed by atoms with Crippen LogP contribution in [0.1, 0.15) is 30.3 Å². The minimum Gasteiger partial charge on any atom is -0.281 e. The van der Waals surface area contributed by atoms with Crippen molar-refractivity contribution < 1.29 is 0 Å². The topological polar surface area (TPSA) is 27.0 Å². The fourth-order valence-electron chi connectivity index (χ4n) is 2.13. The number of nitrogens with zero attached hydrogens (tertiary/aromatic N) is 2. The Bertz CT molecular complexity index is 364. The highest BCUT2D eigenvalue weighted by Crippen LogP contribution is 2.33. The van der Waals surface area contributed by atoms with Crippen molar-refractivity contribution in [2.45, 2.75) is 32.4 Å². The summed E-state index contributed by atoms with van der Waals surface area (Å²) in [5.41, 5.74) is 1.42. The molecule has 0 saturated carbocycles. The average Bonchev–Trinajstić information content (AvgIpc) is 2.66. The zero-order chi connectivity index (χ0) is 10.1. The highest BCUT2D eigenvalue weighted by atomic mass is 32.1. The van der Waals surface area contributed by atoms with Crippen LogP contribution in [-0.4, -0.2) is 17.5 Å². The van der Waals surface area contributed by atoms with E-state index < -0.39 is 0 Å². The average molecular weight is 206 g/mol. The van der Waals surface area contributed by atoms with Gasteiger partial charge < -0.3 is 0 Å². The van der Waals surface area contributed by atoms with Gasteiger partial charge in [0.15, 0.2) is 0 Å². The lowest BCUT2D eigenvalue weighted by molar-refractivity contribution is 0.175. The molecule has 0 fully saturated rings. The van der Waals surface area contributed by atoms with E-state index >= 15 is 0 Å². The Morgan fingerprint density at radius 3 is 3.21 bits per heavy atom. The molecule has 1 aromatic heterocycles. The molecule has 2 unspecified atom stereocenters. The van der Waals surface area contributed by atoms with Crippen molar-refractivity contribution in [3.63, 3.8) is 0 Å². The molecule has 2 heterocycles. The molecule has 2 rings (SSSR count). The number of rotatable bonds is 1. The van der Waals surface area contributed by atoms with Crippen LogP contribution in [0.25, 0.3) is 0 Å². The monoisotopic (exact) mass is 206 g/mol. The van der Waals surface area contributed by atoms with Crippen LogP contribution in [0.2, 0.25) is 0 Å². The van der Waals surface area contributed by atoms with E-state index in [1.54, 1.807) is 0 Å². The van der Waals surface area contributed by atoms with Crippen LogP contribution in [0.4, 0.5) is 0 Å². The fourth-order valence-corrected chi connectivity index (χ4v) is 3.09. The molecule has 1 aromatic rings. The lowest BCUT2D eigenvalue weighted by Gasteiger charge is -2.35. The Kier molecular flexibility index (Phi) is 2.58. The van der Waals surface area contributed by atoms with E-state index in [1.807, 2.05) is 18.3 Å². The highest BCUT2D eigenvalue weighted by Gasteiger charge is 2.27. The molecule has 2 atom stereocenters. The Morgan fingerprint density at radius 2 is 2.50 bits per heavy atom. The van der Waals surface area contributed by atoms with E-state index in [2.05, 4.69) is 29.3 Å². The van der Waals surface area contributed by atoms with Crippen LogP contribution in [-0.2, 0) is 6.42 Å². The summed E-state index contributed by atoms with van der Waals surface area (Å²) in [5.74, 6) is 0. The first-order chi connectivity index (χ1) is 6.74. The van der Waals surface area contributed by atoms with E-state index in [9.17, 15) is 0 Å². The normalized spacial score (nSPS) is 23.9. The van der Waals surface area contributed by atoms with Crippen molar-refractivity contribution >= 4 is 11.3 Å². The van der Waals surface area contributed by atoms with Gasteiger partial charge in [0, 0.05) is 17.5 Å². The van der Waals surface area contributed by atoms with Gasteiger partial charge in [0.2, 0.25) is 0 Å². The molecule has 1 aliphatic heterocycles. The number of hydrogen-bond acceptors (Lipinski definition) is 3. The molecule has 74 valence electrons. The molecule has 0 amide bonds. The van der Waals surface area contributed by atoms with Crippen LogP contribution < -0.4 is 0 Å². The molecular formula is C11H14N2S. The zero-order valence-corrected chi connectivity index (χ0v) is 9.34. The van der Waals surface area contributed by atoms with Crippen molar-refractivity contribution in [3.05, 3.63) is 21.9 Å². The predicted molar refractivity (Wildman–Crippen MR) is 58.2 cm³/mol. The maximum atomic E-state index is 8.91. The molecule has 3 heteroatoms. The number of thiophene rings is 1. The summed E-state index contributed by atoms with van der Waals surface area (Å²) in [6, 6.07) is 4.94. The van der Waals surface area contributed by atoms with Crippen LogP contribution in [0.3, 0.4) is 0 Å². The first-order valence-corrected chi connectivity index (χ1v) is 5.83. The summed E-state index contributed by atoms with van der Waals surface area (Å²) in [6.07, 6.45) is 1.10. The minimum absolute atomic E-state index is 0.0260. The van der Waals surface area contributed by atoms with E-state index in [0.29, 0.717) is 6.04 Å². The van der Waals surface area contributed by atoms with Gasteiger partial charge in [-0.2, -0.15) is 5.26 Å². The standard InChI is InChI=1S/C11H14N2S/c1-8(7-12)13-5-3-11-10(9(13)2)4-6-14-11/h4,6,8-9H,3,5H2,1-2H3. The van der Waals surface area contributed by atoms with Crippen molar-refractivity contribution in [2.24, 2.45) is 0 Å². The molecule has 0 aromatic carbocycles. The summed E-state index contributed by atoms with van der Waals surface area (Å²) in [4.78, 5) is 3.77. The van der Waals surface area contributed by atoms with Crippen LogP contribution >= 0.6 is 11.3 Å². The van der Waals surface area contributed by atoms with E-state index in [-0.39, 0.29) is 6.04 Å². The Morgan fingerprint density at radius 1 is 1.71 bits per heavy atom. The Hall–Kier alpha value is -0.850. The Labute approximate surface area is 88.8 Å². The fraction of sp³-hybridized carbons (Fsp3) is 0.545. The summed E-state index contributed by atoms with van der Waals surface area (Å²) in [6.45, 7) is 5.19. The maximum absolute atomic E-state index is 8.91. The van der Waals surface area contributed by atoms with Gasteiger partial charge in [-0.1, -0.05) is 0 Å². The molecule has 14 heavy (non-hydrogen) atoms. The lowest BCUT2D eigenvalue weighted by Crippen LogP contribution is -2.39. The van der Waals surface area contributed by atoms with Gasteiger partial charge in [-0.3, -0.25) is 4.90 Å². The van der Waals surface area contributed by atoms with Crippen molar-refractivity contribution in [3.8, 4) is 6.07 Å².